The lowest BCUT2D eigenvalue weighted by molar-refractivity contribution is -0.148. The number of hydrogen-bond donors (Lipinski definition) is 2. The van der Waals surface area contributed by atoms with Crippen molar-refractivity contribution in [2.75, 3.05) is 19.7 Å². The van der Waals surface area contributed by atoms with Gasteiger partial charge in [-0.25, -0.2) is 0 Å². The fourth-order valence-corrected chi connectivity index (χ4v) is 3.76. The van der Waals surface area contributed by atoms with Crippen molar-refractivity contribution in [1.29, 1.82) is 5.41 Å². The third kappa shape index (κ3) is 4.43. The Hall–Kier alpha value is -3.41. The molecule has 2 unspecified atom stereocenters. The predicted octanol–water partition coefficient (Wildman–Crippen LogP) is 3.72. The van der Waals surface area contributed by atoms with Crippen LogP contribution in [0, 0.1) is 18.3 Å². The number of carbonyl (C=O) groups excluding carboxylic acids is 2. The molecule has 1 aliphatic rings. The lowest BCUT2D eigenvalue weighted by Crippen LogP contribution is -2.32. The largest absolute Gasteiger partial charge is 0.506 e. The molecule has 30 heavy (non-hydrogen) atoms. The van der Waals surface area contributed by atoms with Crippen molar-refractivity contribution in [3.05, 3.63) is 76.9 Å². The molecule has 2 aromatic carbocycles. The smallest absolute Gasteiger partial charge is 0.311 e. The van der Waals surface area contributed by atoms with Gasteiger partial charge in [-0.1, -0.05) is 60.2 Å². The number of amides is 1. The summed E-state index contributed by atoms with van der Waals surface area (Å²) in [6.07, 6.45) is 0.868. The van der Waals surface area contributed by atoms with Gasteiger partial charge in [0.25, 0.3) is 5.91 Å². The molecule has 6 nitrogen and oxygen atoms in total. The molecule has 0 saturated carbocycles. The van der Waals surface area contributed by atoms with E-state index in [1.807, 2.05) is 49.4 Å². The maximum atomic E-state index is 13.2. The van der Waals surface area contributed by atoms with E-state index in [1.165, 1.54) is 4.90 Å². The highest BCUT2D eigenvalue weighted by Crippen LogP contribution is 2.34. The summed E-state index contributed by atoms with van der Waals surface area (Å²) in [5.41, 5.74) is 2.34. The van der Waals surface area contributed by atoms with E-state index < -0.39 is 11.8 Å². The SMILES string of the molecule is CCOC(=O)C1CN(C(=O)/C(C=N)=C(/O)c2ccc(C)cc2)CC1c1ccccc1. The molecule has 2 aromatic rings. The summed E-state index contributed by atoms with van der Waals surface area (Å²) in [5, 5.41) is 18.3. The Morgan fingerprint density at radius 1 is 1.13 bits per heavy atom. The number of benzene rings is 2. The van der Waals surface area contributed by atoms with Crippen LogP contribution < -0.4 is 0 Å². The normalized spacial score (nSPS) is 19.2. The van der Waals surface area contributed by atoms with E-state index in [-0.39, 0.29) is 36.4 Å². The van der Waals surface area contributed by atoms with Crippen molar-refractivity contribution >= 4 is 23.9 Å². The molecule has 156 valence electrons. The summed E-state index contributed by atoms with van der Waals surface area (Å²) >= 11 is 0. The zero-order valence-electron chi connectivity index (χ0n) is 17.2. The number of hydrogen-bond acceptors (Lipinski definition) is 5. The highest BCUT2D eigenvalue weighted by atomic mass is 16.5. The number of nitrogens with zero attached hydrogens (tertiary/aromatic N) is 1. The van der Waals surface area contributed by atoms with Crippen LogP contribution in [0.5, 0.6) is 0 Å². The first-order valence-corrected chi connectivity index (χ1v) is 9.97. The number of likely N-dealkylation sites (tertiary alicyclic amines) is 1. The van der Waals surface area contributed by atoms with E-state index in [9.17, 15) is 14.7 Å². The summed E-state index contributed by atoms with van der Waals surface area (Å²) in [6, 6.07) is 16.6. The van der Waals surface area contributed by atoms with Gasteiger partial charge in [0, 0.05) is 30.8 Å². The first-order valence-electron chi connectivity index (χ1n) is 9.97. The minimum Gasteiger partial charge on any atom is -0.506 e. The Kier molecular flexibility index (Phi) is 6.67. The van der Waals surface area contributed by atoms with Gasteiger partial charge < -0.3 is 20.2 Å². The summed E-state index contributed by atoms with van der Waals surface area (Å²) in [5.74, 6) is -1.76. The first-order chi connectivity index (χ1) is 14.5. The van der Waals surface area contributed by atoms with Crippen molar-refractivity contribution in [2.24, 2.45) is 5.92 Å². The highest BCUT2D eigenvalue weighted by molar-refractivity contribution is 6.16. The molecule has 1 aliphatic heterocycles. The number of aryl methyl sites for hydroxylation is 1. The summed E-state index contributed by atoms with van der Waals surface area (Å²) in [6.45, 7) is 4.44. The van der Waals surface area contributed by atoms with Gasteiger partial charge in [0.1, 0.15) is 5.76 Å². The van der Waals surface area contributed by atoms with Crippen LogP contribution >= 0.6 is 0 Å². The Morgan fingerprint density at radius 2 is 1.80 bits per heavy atom. The molecule has 3 rings (SSSR count). The molecule has 1 saturated heterocycles. The van der Waals surface area contributed by atoms with E-state index in [0.717, 1.165) is 17.3 Å². The van der Waals surface area contributed by atoms with Crippen molar-refractivity contribution in [2.45, 2.75) is 19.8 Å². The monoisotopic (exact) mass is 406 g/mol. The molecule has 1 fully saturated rings. The van der Waals surface area contributed by atoms with Crippen LogP contribution in [0.3, 0.4) is 0 Å². The Labute approximate surface area is 176 Å². The van der Waals surface area contributed by atoms with Crippen LogP contribution in [-0.2, 0) is 14.3 Å². The van der Waals surface area contributed by atoms with Gasteiger partial charge in [0.2, 0.25) is 0 Å². The lowest BCUT2D eigenvalue weighted by Gasteiger charge is -2.18. The molecule has 2 atom stereocenters. The van der Waals surface area contributed by atoms with Crippen LogP contribution in [0.4, 0.5) is 0 Å². The molecule has 1 amide bonds. The highest BCUT2D eigenvalue weighted by Gasteiger charge is 2.42. The maximum Gasteiger partial charge on any atom is 0.311 e. The van der Waals surface area contributed by atoms with Gasteiger partial charge in [-0.2, -0.15) is 0 Å². The molecule has 0 spiro atoms. The summed E-state index contributed by atoms with van der Waals surface area (Å²) in [4.78, 5) is 27.2. The van der Waals surface area contributed by atoms with Gasteiger partial charge >= 0.3 is 5.97 Å². The molecule has 0 bridgehead atoms. The molecular weight excluding hydrogens is 380 g/mol. The van der Waals surface area contributed by atoms with Gasteiger partial charge in [0.05, 0.1) is 18.1 Å². The predicted molar refractivity (Wildman–Crippen MR) is 115 cm³/mol. The van der Waals surface area contributed by atoms with E-state index in [1.54, 1.807) is 19.1 Å². The Morgan fingerprint density at radius 3 is 2.40 bits per heavy atom. The average molecular weight is 406 g/mol. The van der Waals surface area contributed by atoms with Gasteiger partial charge in [-0.15, -0.1) is 0 Å². The summed E-state index contributed by atoms with van der Waals surface area (Å²) < 4.78 is 5.24. The van der Waals surface area contributed by atoms with Crippen molar-refractivity contribution < 1.29 is 19.4 Å². The molecular formula is C24H26N2O4. The van der Waals surface area contributed by atoms with Crippen LogP contribution in [0.15, 0.2) is 60.2 Å². The first kappa shape index (κ1) is 21.3. The average Bonchev–Trinajstić information content (AvgIpc) is 3.21. The van der Waals surface area contributed by atoms with Crippen LogP contribution in [0.1, 0.15) is 29.5 Å². The van der Waals surface area contributed by atoms with Gasteiger partial charge in [-0.05, 0) is 19.4 Å². The number of aliphatic hydroxyl groups excluding tert-OH is 1. The van der Waals surface area contributed by atoms with E-state index in [0.29, 0.717) is 12.1 Å². The fourth-order valence-electron chi connectivity index (χ4n) is 3.76. The third-order valence-corrected chi connectivity index (χ3v) is 5.38. The van der Waals surface area contributed by atoms with E-state index >= 15 is 0 Å². The quantitative estimate of drug-likeness (QED) is 0.331. The maximum absolute atomic E-state index is 13.2. The zero-order chi connectivity index (χ0) is 21.7. The number of rotatable bonds is 6. The second-order valence-electron chi connectivity index (χ2n) is 7.36. The molecule has 1 heterocycles. The van der Waals surface area contributed by atoms with E-state index in [4.69, 9.17) is 10.1 Å². The minimum absolute atomic E-state index is 0.102. The number of carbonyl (C=O) groups is 2. The number of nitrogens with one attached hydrogen (secondary N) is 1. The van der Waals surface area contributed by atoms with Crippen molar-refractivity contribution in [3.63, 3.8) is 0 Å². The molecule has 0 radical (unpaired) electrons. The Bertz CT molecular complexity index is 951. The topological polar surface area (TPSA) is 90.7 Å². The molecule has 0 aromatic heterocycles. The van der Waals surface area contributed by atoms with Crippen LogP contribution in [0.25, 0.3) is 5.76 Å². The van der Waals surface area contributed by atoms with Gasteiger partial charge in [-0.3, -0.25) is 9.59 Å². The number of aliphatic hydroxyl groups is 1. The van der Waals surface area contributed by atoms with Crippen molar-refractivity contribution in [1.82, 2.24) is 4.90 Å². The molecule has 6 heteroatoms. The van der Waals surface area contributed by atoms with E-state index in [2.05, 4.69) is 0 Å². The van der Waals surface area contributed by atoms with Crippen LogP contribution in [-0.4, -0.2) is 47.8 Å². The van der Waals surface area contributed by atoms with Crippen molar-refractivity contribution in [3.8, 4) is 0 Å². The van der Waals surface area contributed by atoms with Crippen LogP contribution in [0.2, 0.25) is 0 Å². The summed E-state index contributed by atoms with van der Waals surface area (Å²) in [7, 11) is 0. The molecule has 0 aliphatic carbocycles. The van der Waals surface area contributed by atoms with Gasteiger partial charge in [0.15, 0.2) is 0 Å². The fraction of sp³-hybridized carbons (Fsp3) is 0.292. The lowest BCUT2D eigenvalue weighted by atomic mass is 9.89. The zero-order valence-corrected chi connectivity index (χ0v) is 17.2. The third-order valence-electron chi connectivity index (χ3n) is 5.38. The number of esters is 1. The minimum atomic E-state index is -0.496. The second-order valence-corrected chi connectivity index (χ2v) is 7.36. The standard InChI is InChI=1S/C24H26N2O4/c1-3-30-24(29)21-15-26(14-20(21)17-7-5-4-6-8-17)23(28)19(13-25)22(27)18-11-9-16(2)10-12-18/h4-13,20-21,25,27H,3,14-15H2,1-2H3/b22-19+,25-13?. The molecule has 2 N–H and O–H groups in total. The second kappa shape index (κ2) is 9.39. The Balaban J connectivity index is 1.91. The number of ether oxygens (including phenoxy) is 1.